The van der Waals surface area contributed by atoms with Crippen LogP contribution in [0.25, 0.3) is 0 Å². The Morgan fingerprint density at radius 3 is 2.64 bits per heavy atom. The van der Waals surface area contributed by atoms with Gasteiger partial charge in [-0.2, -0.15) is 0 Å². The van der Waals surface area contributed by atoms with Crippen molar-refractivity contribution >= 4 is 29.1 Å². The highest BCUT2D eigenvalue weighted by molar-refractivity contribution is 6.35. The van der Waals surface area contributed by atoms with E-state index in [1.54, 1.807) is 18.2 Å². The highest BCUT2D eigenvalue weighted by atomic mass is 35.5. The maximum Gasteiger partial charge on any atom is 0.251 e. The number of alkyl halides is 1. The summed E-state index contributed by atoms with van der Waals surface area (Å²) in [4.78, 5) is 14.5. The van der Waals surface area contributed by atoms with Gasteiger partial charge in [-0.05, 0) is 64.3 Å². The quantitative estimate of drug-likeness (QED) is 0.733. The highest BCUT2D eigenvalue weighted by Gasteiger charge is 2.33. The molecule has 156 valence electrons. The molecule has 1 amide bonds. The van der Waals surface area contributed by atoms with Gasteiger partial charge in [0, 0.05) is 41.2 Å². The summed E-state index contributed by atoms with van der Waals surface area (Å²) in [6, 6.07) is 4.69. The van der Waals surface area contributed by atoms with Crippen LogP contribution in [0.5, 0.6) is 0 Å². The third kappa shape index (κ3) is 6.06. The topological polar surface area (TPSA) is 41.6 Å². The zero-order valence-electron chi connectivity index (χ0n) is 16.5. The van der Waals surface area contributed by atoms with E-state index < -0.39 is 6.17 Å². The Kier molecular flexibility index (Phi) is 7.24. The van der Waals surface area contributed by atoms with Crippen LogP contribution in [0.2, 0.25) is 10.0 Å². The number of carbonyl (C=O) groups is 1. The third-order valence-electron chi connectivity index (χ3n) is 5.66. The lowest BCUT2D eigenvalue weighted by Gasteiger charge is -2.41. The largest absolute Gasteiger partial charge is 0.371 e. The number of nitrogens with one attached hydrogen (secondary N) is 1. The molecule has 0 saturated carbocycles. The van der Waals surface area contributed by atoms with Crippen molar-refractivity contribution in [1.29, 1.82) is 0 Å². The minimum absolute atomic E-state index is 0.0795. The van der Waals surface area contributed by atoms with Crippen LogP contribution < -0.4 is 5.32 Å². The fraction of sp³-hybridized carbons (Fsp3) is 0.667. The molecular formula is C21H29Cl2FN2O2. The number of benzene rings is 1. The Labute approximate surface area is 176 Å². The van der Waals surface area contributed by atoms with Crippen LogP contribution in [0.4, 0.5) is 4.39 Å². The Balaban J connectivity index is 1.45. The van der Waals surface area contributed by atoms with E-state index >= 15 is 0 Å². The second-order valence-electron chi connectivity index (χ2n) is 8.58. The smallest absolute Gasteiger partial charge is 0.251 e. The number of carbonyl (C=O) groups excluding carboxylic acids is 1. The van der Waals surface area contributed by atoms with E-state index in [9.17, 15) is 9.18 Å². The van der Waals surface area contributed by atoms with Gasteiger partial charge in [0.15, 0.2) is 0 Å². The lowest BCUT2D eigenvalue weighted by molar-refractivity contribution is -0.118. The van der Waals surface area contributed by atoms with Crippen molar-refractivity contribution in [2.45, 2.75) is 57.4 Å². The predicted molar refractivity (Wildman–Crippen MR) is 111 cm³/mol. The maximum absolute atomic E-state index is 14.7. The Morgan fingerprint density at radius 1 is 1.29 bits per heavy atom. The molecule has 0 bridgehead atoms. The lowest BCUT2D eigenvalue weighted by atomic mass is 9.92. The molecule has 0 radical (unpaired) electrons. The van der Waals surface area contributed by atoms with Gasteiger partial charge in [-0.1, -0.05) is 23.2 Å². The van der Waals surface area contributed by atoms with Crippen molar-refractivity contribution in [3.05, 3.63) is 33.8 Å². The molecule has 2 heterocycles. The van der Waals surface area contributed by atoms with Crippen LogP contribution in [0.1, 0.15) is 49.9 Å². The van der Waals surface area contributed by atoms with Gasteiger partial charge in [-0.3, -0.25) is 9.69 Å². The van der Waals surface area contributed by atoms with E-state index in [1.165, 1.54) is 0 Å². The molecule has 2 fully saturated rings. The van der Waals surface area contributed by atoms with Gasteiger partial charge in [0.2, 0.25) is 0 Å². The molecule has 3 rings (SSSR count). The first-order valence-electron chi connectivity index (χ1n) is 10.0. The molecule has 0 aliphatic carbocycles. The standard InChI is InChI=1S/C21H29Cl2FN2O2/c1-21(2)6-3-4-18(28-21)12-26-7-5-14(19(24)13-26)11-25-20(27)15-8-16(22)10-17(23)9-15/h8-10,14,18-19H,3-7,11-13H2,1-2H3,(H,25,27)/t14-,18?,19-/m1/s1. The van der Waals surface area contributed by atoms with Crippen LogP contribution in [0, 0.1) is 5.92 Å². The molecule has 1 unspecified atom stereocenters. The second-order valence-corrected chi connectivity index (χ2v) is 9.46. The number of nitrogens with zero attached hydrogens (tertiary/aromatic N) is 1. The van der Waals surface area contributed by atoms with E-state index in [2.05, 4.69) is 24.1 Å². The molecule has 0 spiro atoms. The number of rotatable bonds is 5. The minimum atomic E-state index is -0.964. The molecule has 2 saturated heterocycles. The molecule has 2 aliphatic rings. The fourth-order valence-electron chi connectivity index (χ4n) is 4.16. The van der Waals surface area contributed by atoms with E-state index in [1.807, 2.05) is 0 Å². The molecule has 0 aromatic heterocycles. The summed E-state index contributed by atoms with van der Waals surface area (Å²) in [6.07, 6.45) is 3.21. The number of amides is 1. The van der Waals surface area contributed by atoms with Gasteiger partial charge < -0.3 is 10.1 Å². The van der Waals surface area contributed by atoms with Crippen molar-refractivity contribution in [2.24, 2.45) is 5.92 Å². The highest BCUT2D eigenvalue weighted by Crippen LogP contribution is 2.29. The number of piperidine rings is 1. The number of likely N-dealkylation sites (tertiary alicyclic amines) is 1. The first kappa shape index (κ1) is 21.8. The van der Waals surface area contributed by atoms with Crippen LogP contribution in [-0.2, 0) is 4.74 Å². The SMILES string of the molecule is CC1(C)CCCC(CN2CC[C@H](CNC(=O)c3cc(Cl)cc(Cl)c3)[C@H](F)C2)O1. The van der Waals surface area contributed by atoms with Gasteiger partial charge >= 0.3 is 0 Å². The van der Waals surface area contributed by atoms with Crippen molar-refractivity contribution in [3.8, 4) is 0 Å². The van der Waals surface area contributed by atoms with Crippen LogP contribution in [0.3, 0.4) is 0 Å². The number of ether oxygens (including phenoxy) is 1. The van der Waals surface area contributed by atoms with Gasteiger partial charge in [0.25, 0.3) is 5.91 Å². The summed E-state index contributed by atoms with van der Waals surface area (Å²) in [5.74, 6) is -0.463. The van der Waals surface area contributed by atoms with Crippen molar-refractivity contribution in [3.63, 3.8) is 0 Å². The summed E-state index contributed by atoms with van der Waals surface area (Å²) in [7, 11) is 0. The van der Waals surface area contributed by atoms with Crippen molar-refractivity contribution in [1.82, 2.24) is 10.2 Å². The van der Waals surface area contributed by atoms with Gasteiger partial charge in [-0.25, -0.2) is 4.39 Å². The average molecular weight is 431 g/mol. The van der Waals surface area contributed by atoms with Gasteiger partial charge in [-0.15, -0.1) is 0 Å². The molecule has 7 heteroatoms. The van der Waals surface area contributed by atoms with E-state index in [-0.39, 0.29) is 23.5 Å². The first-order chi connectivity index (χ1) is 13.2. The second kappa shape index (κ2) is 9.29. The number of hydrogen-bond donors (Lipinski definition) is 1. The predicted octanol–water partition coefficient (Wildman–Crippen LogP) is 4.73. The Morgan fingerprint density at radius 2 is 2.00 bits per heavy atom. The summed E-state index contributed by atoms with van der Waals surface area (Å²) in [6.45, 7) is 6.56. The van der Waals surface area contributed by atoms with E-state index in [0.717, 1.165) is 32.4 Å². The molecule has 3 atom stereocenters. The zero-order chi connectivity index (χ0) is 20.3. The van der Waals surface area contributed by atoms with Crippen LogP contribution in [-0.4, -0.2) is 54.9 Å². The summed E-state index contributed by atoms with van der Waals surface area (Å²) < 4.78 is 20.9. The summed E-state index contributed by atoms with van der Waals surface area (Å²) in [5.41, 5.74) is 0.312. The van der Waals surface area contributed by atoms with Gasteiger partial charge in [0.1, 0.15) is 6.17 Å². The Bertz CT molecular complexity index is 681. The fourth-order valence-corrected chi connectivity index (χ4v) is 4.69. The number of halogens is 3. The first-order valence-corrected chi connectivity index (χ1v) is 10.8. The lowest BCUT2D eigenvalue weighted by Crippen LogP contribution is -2.49. The molecule has 1 aromatic rings. The third-order valence-corrected chi connectivity index (χ3v) is 6.10. The Hall–Kier alpha value is -0.880. The minimum Gasteiger partial charge on any atom is -0.371 e. The monoisotopic (exact) mass is 430 g/mol. The number of hydrogen-bond acceptors (Lipinski definition) is 3. The zero-order valence-corrected chi connectivity index (χ0v) is 18.0. The molecule has 1 N–H and O–H groups in total. The molecule has 1 aromatic carbocycles. The van der Waals surface area contributed by atoms with Crippen molar-refractivity contribution < 1.29 is 13.9 Å². The average Bonchev–Trinajstić information content (AvgIpc) is 2.59. The maximum atomic E-state index is 14.7. The molecule has 4 nitrogen and oxygen atoms in total. The summed E-state index contributed by atoms with van der Waals surface area (Å²) >= 11 is 11.9. The molecule has 28 heavy (non-hydrogen) atoms. The van der Waals surface area contributed by atoms with Crippen molar-refractivity contribution in [2.75, 3.05) is 26.2 Å². The normalized spacial score (nSPS) is 28.1. The summed E-state index contributed by atoms with van der Waals surface area (Å²) in [5, 5.41) is 3.63. The molecule has 2 aliphatic heterocycles. The van der Waals surface area contributed by atoms with Crippen LogP contribution in [0.15, 0.2) is 18.2 Å². The van der Waals surface area contributed by atoms with Gasteiger partial charge in [0.05, 0.1) is 11.7 Å². The van der Waals surface area contributed by atoms with E-state index in [4.69, 9.17) is 27.9 Å². The van der Waals surface area contributed by atoms with Crippen LogP contribution >= 0.6 is 23.2 Å². The molecular weight excluding hydrogens is 402 g/mol. The van der Waals surface area contributed by atoms with E-state index in [0.29, 0.717) is 35.1 Å².